The van der Waals surface area contributed by atoms with E-state index in [0.717, 1.165) is 0 Å². The van der Waals surface area contributed by atoms with Gasteiger partial charge >= 0.3 is 13.0 Å². The number of rotatable bonds is 1. The molecule has 1 heterocycles. The Morgan fingerprint density at radius 3 is 3.06 bits per heavy atom. The summed E-state index contributed by atoms with van der Waals surface area (Å²) in [7, 11) is -1.17. The molecule has 1 aliphatic rings. The van der Waals surface area contributed by atoms with Gasteiger partial charge in [0, 0.05) is 5.18 Å². The Labute approximate surface area is 91.5 Å². The van der Waals surface area contributed by atoms with Gasteiger partial charge in [0.05, 0.1) is 11.5 Å². The van der Waals surface area contributed by atoms with Gasteiger partial charge in [0.2, 0.25) is 0 Å². The average Bonchev–Trinajstić information content (AvgIpc) is 2.29. The standard InChI is InChI=1S/C9H9BN2O4/c11-7-4-5-2-1-3-6(9(13)12-15)8(5)16-10(7)14/h1-3,7,14H,4,11H2/t7-/m0/s1. The van der Waals surface area contributed by atoms with Crippen molar-refractivity contribution in [2.24, 2.45) is 10.9 Å². The number of hydrogen-bond donors (Lipinski definition) is 2. The van der Waals surface area contributed by atoms with Crippen molar-refractivity contribution in [3.63, 3.8) is 0 Å². The van der Waals surface area contributed by atoms with Gasteiger partial charge in [-0.2, -0.15) is 0 Å². The van der Waals surface area contributed by atoms with Crippen LogP contribution in [0, 0.1) is 4.91 Å². The summed E-state index contributed by atoms with van der Waals surface area (Å²) < 4.78 is 5.11. The Morgan fingerprint density at radius 2 is 2.38 bits per heavy atom. The summed E-state index contributed by atoms with van der Waals surface area (Å²) in [4.78, 5) is 21.4. The minimum absolute atomic E-state index is 0.0541. The van der Waals surface area contributed by atoms with Gasteiger partial charge in [-0.1, -0.05) is 12.1 Å². The molecule has 7 heteroatoms. The summed E-state index contributed by atoms with van der Waals surface area (Å²) in [6.45, 7) is 0. The molecule has 0 aromatic heterocycles. The number of para-hydroxylation sites is 1. The van der Waals surface area contributed by atoms with Crippen LogP contribution >= 0.6 is 0 Å². The Balaban J connectivity index is 2.48. The van der Waals surface area contributed by atoms with Crippen LogP contribution in [0.15, 0.2) is 23.4 Å². The molecule has 1 amide bonds. The maximum absolute atomic E-state index is 11.2. The quantitative estimate of drug-likeness (QED) is 0.507. The first kappa shape index (κ1) is 10.8. The largest absolute Gasteiger partial charge is 0.540 e. The number of nitrogens with two attached hydrogens (primary N) is 1. The SMILES string of the molecule is N[C@H]1Cc2cccc(C(=O)N=O)c2OB1O. The first-order valence-corrected chi connectivity index (χ1v) is 4.73. The number of nitrogens with zero attached hydrogens (tertiary/aromatic N) is 1. The highest BCUT2D eigenvalue weighted by Crippen LogP contribution is 2.29. The van der Waals surface area contributed by atoms with Crippen LogP contribution in [0.25, 0.3) is 0 Å². The van der Waals surface area contributed by atoms with Gasteiger partial charge < -0.3 is 15.4 Å². The Bertz CT molecular complexity index is 451. The molecule has 0 saturated heterocycles. The van der Waals surface area contributed by atoms with Crippen LogP contribution in [0.1, 0.15) is 15.9 Å². The highest BCUT2D eigenvalue weighted by atomic mass is 16.5. The highest BCUT2D eigenvalue weighted by molar-refractivity contribution is 6.46. The summed E-state index contributed by atoms with van der Waals surface area (Å²) in [5.74, 6) is -1.26. The van der Waals surface area contributed by atoms with Gasteiger partial charge in [-0.3, -0.25) is 4.79 Å². The maximum atomic E-state index is 11.2. The van der Waals surface area contributed by atoms with Crippen LogP contribution in [0.5, 0.6) is 5.75 Å². The van der Waals surface area contributed by atoms with Crippen molar-refractivity contribution in [1.82, 2.24) is 0 Å². The van der Waals surface area contributed by atoms with E-state index < -0.39 is 19.0 Å². The normalized spacial score (nSPS) is 18.6. The summed E-state index contributed by atoms with van der Waals surface area (Å²) in [5.41, 5.74) is 6.35. The van der Waals surface area contributed by atoms with Gasteiger partial charge in [-0.25, -0.2) is 0 Å². The fraction of sp³-hybridized carbons (Fsp3) is 0.222. The van der Waals surface area contributed by atoms with E-state index in [1.54, 1.807) is 12.1 Å². The summed E-state index contributed by atoms with van der Waals surface area (Å²) in [5, 5.41) is 11.8. The van der Waals surface area contributed by atoms with Crippen molar-refractivity contribution < 1.29 is 14.5 Å². The van der Waals surface area contributed by atoms with E-state index in [1.807, 2.05) is 0 Å². The fourth-order valence-corrected chi connectivity index (χ4v) is 1.67. The zero-order chi connectivity index (χ0) is 11.7. The third kappa shape index (κ3) is 1.70. The molecule has 1 aromatic carbocycles. The molecule has 1 aliphatic heterocycles. The average molecular weight is 220 g/mol. The lowest BCUT2D eigenvalue weighted by molar-refractivity contribution is 0.0998. The predicted molar refractivity (Wildman–Crippen MR) is 56.8 cm³/mol. The number of hydrogen-bond acceptors (Lipinski definition) is 5. The van der Waals surface area contributed by atoms with Crippen molar-refractivity contribution in [3.8, 4) is 5.75 Å². The Kier molecular flexibility index (Phi) is 2.72. The topological polar surface area (TPSA) is 102 Å². The zero-order valence-corrected chi connectivity index (χ0v) is 8.29. The van der Waals surface area contributed by atoms with Gasteiger partial charge in [-0.15, -0.1) is 4.91 Å². The lowest BCUT2D eigenvalue weighted by atomic mass is 9.73. The minimum Gasteiger partial charge on any atom is -0.534 e. The molecule has 1 atom stereocenters. The van der Waals surface area contributed by atoms with E-state index in [0.29, 0.717) is 12.0 Å². The van der Waals surface area contributed by atoms with Crippen LogP contribution < -0.4 is 10.4 Å². The lowest BCUT2D eigenvalue weighted by Crippen LogP contribution is -2.48. The molecule has 3 N–H and O–H groups in total. The van der Waals surface area contributed by atoms with Crippen LogP contribution in [0.2, 0.25) is 0 Å². The third-order valence-electron chi connectivity index (χ3n) is 2.47. The molecule has 2 rings (SSSR count). The first-order chi connectivity index (χ1) is 7.63. The highest BCUT2D eigenvalue weighted by Gasteiger charge is 2.34. The number of benzene rings is 1. The van der Waals surface area contributed by atoms with Gasteiger partial charge in [0.1, 0.15) is 5.75 Å². The molecule has 0 spiro atoms. The van der Waals surface area contributed by atoms with Crippen LogP contribution in [-0.4, -0.2) is 24.0 Å². The summed E-state index contributed by atoms with van der Waals surface area (Å²) in [6, 6.07) is 4.76. The molecule has 16 heavy (non-hydrogen) atoms. The summed E-state index contributed by atoms with van der Waals surface area (Å²) in [6.07, 6.45) is 0.385. The van der Waals surface area contributed by atoms with Crippen LogP contribution in [0.4, 0.5) is 0 Å². The summed E-state index contributed by atoms with van der Waals surface area (Å²) >= 11 is 0. The molecule has 0 bridgehead atoms. The van der Waals surface area contributed by atoms with E-state index in [2.05, 4.69) is 5.18 Å². The van der Waals surface area contributed by atoms with E-state index in [1.165, 1.54) is 6.07 Å². The smallest absolute Gasteiger partial charge is 0.534 e. The molecule has 82 valence electrons. The molecule has 0 fully saturated rings. The Hall–Kier alpha value is -1.73. The first-order valence-electron chi connectivity index (χ1n) is 4.73. The number of nitroso groups, excluding NO2 is 1. The maximum Gasteiger partial charge on any atom is 0.540 e. The zero-order valence-electron chi connectivity index (χ0n) is 8.29. The molecule has 0 radical (unpaired) electrons. The van der Waals surface area contributed by atoms with Crippen molar-refractivity contribution >= 4 is 13.0 Å². The third-order valence-corrected chi connectivity index (χ3v) is 2.47. The second kappa shape index (κ2) is 4.03. The molecule has 0 aliphatic carbocycles. The predicted octanol–water partition coefficient (Wildman–Crippen LogP) is -0.125. The number of fused-ring (bicyclic) bond motifs is 1. The van der Waals surface area contributed by atoms with Gasteiger partial charge in [-0.05, 0) is 18.1 Å². The second-order valence-corrected chi connectivity index (χ2v) is 3.57. The van der Waals surface area contributed by atoms with Crippen molar-refractivity contribution in [1.29, 1.82) is 0 Å². The van der Waals surface area contributed by atoms with Crippen LogP contribution in [-0.2, 0) is 6.42 Å². The second-order valence-electron chi connectivity index (χ2n) is 3.57. The molecular weight excluding hydrogens is 211 g/mol. The van der Waals surface area contributed by atoms with Crippen molar-refractivity contribution in [3.05, 3.63) is 34.2 Å². The van der Waals surface area contributed by atoms with Gasteiger partial charge in [0.25, 0.3) is 0 Å². The Morgan fingerprint density at radius 1 is 1.62 bits per heavy atom. The van der Waals surface area contributed by atoms with Crippen molar-refractivity contribution in [2.75, 3.05) is 0 Å². The van der Waals surface area contributed by atoms with Crippen molar-refractivity contribution in [2.45, 2.75) is 12.4 Å². The molecule has 1 aromatic rings. The van der Waals surface area contributed by atoms with E-state index in [-0.39, 0.29) is 11.3 Å². The molecule has 0 unspecified atom stereocenters. The van der Waals surface area contributed by atoms with Crippen LogP contribution in [0.3, 0.4) is 0 Å². The molecule has 0 saturated carbocycles. The monoisotopic (exact) mass is 220 g/mol. The molecule has 6 nitrogen and oxygen atoms in total. The van der Waals surface area contributed by atoms with E-state index >= 15 is 0 Å². The number of amides is 1. The number of carbonyl (C=O) groups excluding carboxylic acids is 1. The molecular formula is C9H9BN2O4. The van der Waals surface area contributed by atoms with E-state index in [4.69, 9.17) is 10.4 Å². The van der Waals surface area contributed by atoms with Gasteiger partial charge in [0.15, 0.2) is 0 Å². The minimum atomic E-state index is -1.17. The lowest BCUT2D eigenvalue weighted by Gasteiger charge is -2.25. The fourth-order valence-electron chi connectivity index (χ4n) is 1.67. The number of carbonyl (C=O) groups is 1. The van der Waals surface area contributed by atoms with E-state index in [9.17, 15) is 14.7 Å².